The van der Waals surface area contributed by atoms with Crippen LogP contribution in [-0.4, -0.2) is 77.5 Å². The number of pyridine rings is 1. The highest BCUT2D eigenvalue weighted by Crippen LogP contribution is 2.31. The molecule has 2 aromatic carbocycles. The van der Waals surface area contributed by atoms with Gasteiger partial charge >= 0.3 is 0 Å². The van der Waals surface area contributed by atoms with Crippen molar-refractivity contribution in [3.8, 4) is 11.5 Å². The third-order valence-electron chi connectivity index (χ3n) is 7.12. The lowest BCUT2D eigenvalue weighted by Crippen LogP contribution is -2.54. The van der Waals surface area contributed by atoms with Gasteiger partial charge in [-0.1, -0.05) is 30.3 Å². The number of aryl methyl sites for hydroxylation is 1. The van der Waals surface area contributed by atoms with Crippen LogP contribution in [0.15, 0.2) is 71.3 Å². The van der Waals surface area contributed by atoms with Gasteiger partial charge in [0.15, 0.2) is 11.4 Å². The summed E-state index contributed by atoms with van der Waals surface area (Å²) in [4.78, 5) is 39.5. The number of piperazine rings is 1. The van der Waals surface area contributed by atoms with Gasteiger partial charge in [-0.15, -0.1) is 10.2 Å². The van der Waals surface area contributed by atoms with E-state index >= 15 is 0 Å². The molecule has 1 N–H and O–H groups in total. The standard InChI is InChI=1S/C29H29N9O3/c1-18-17-37(13-14-38(18)26(20-7-5-4-6-8-20)27-33-35-36(3)34-27)29(40)24-15-21(11-12-30-24)28-32-23-16-22(31-19(2)39)9-10-25(23)41-28/h4-12,15-16,18,26H,13-14,17H2,1-3H3,(H,31,39)/t18-,26?/m1/s1. The summed E-state index contributed by atoms with van der Waals surface area (Å²) in [5.41, 5.74) is 3.85. The molecular weight excluding hydrogens is 522 g/mol. The van der Waals surface area contributed by atoms with Crippen molar-refractivity contribution < 1.29 is 14.0 Å². The van der Waals surface area contributed by atoms with E-state index in [0.29, 0.717) is 59.4 Å². The number of amides is 2. The first-order valence-electron chi connectivity index (χ1n) is 13.3. The second-order valence-electron chi connectivity index (χ2n) is 10.1. The Morgan fingerprint density at radius 2 is 1.90 bits per heavy atom. The Hall–Kier alpha value is -4.97. The lowest BCUT2D eigenvalue weighted by molar-refractivity contribution is -0.114. The lowest BCUT2D eigenvalue weighted by Gasteiger charge is -2.43. The van der Waals surface area contributed by atoms with E-state index in [2.05, 4.69) is 54.7 Å². The smallest absolute Gasteiger partial charge is 0.272 e. The summed E-state index contributed by atoms with van der Waals surface area (Å²) in [6.07, 6.45) is 1.59. The molecule has 1 unspecified atom stereocenters. The summed E-state index contributed by atoms with van der Waals surface area (Å²) in [6.45, 7) is 5.22. The fraction of sp³-hybridized carbons (Fsp3) is 0.276. The molecule has 12 heteroatoms. The van der Waals surface area contributed by atoms with Gasteiger partial charge in [-0.25, -0.2) is 4.98 Å². The summed E-state index contributed by atoms with van der Waals surface area (Å²) in [5.74, 6) is 0.678. The predicted octanol–water partition coefficient (Wildman–Crippen LogP) is 3.31. The van der Waals surface area contributed by atoms with Crippen LogP contribution in [0.3, 0.4) is 0 Å². The maximum atomic E-state index is 13.6. The van der Waals surface area contributed by atoms with Crippen LogP contribution in [0.2, 0.25) is 0 Å². The molecule has 0 radical (unpaired) electrons. The molecule has 12 nitrogen and oxygen atoms in total. The van der Waals surface area contributed by atoms with Crippen molar-refractivity contribution in [2.75, 3.05) is 25.0 Å². The molecule has 0 aliphatic carbocycles. The minimum absolute atomic E-state index is 0.0275. The van der Waals surface area contributed by atoms with Gasteiger partial charge in [0.05, 0.1) is 13.1 Å². The average molecular weight is 552 g/mol. The van der Waals surface area contributed by atoms with E-state index in [-0.39, 0.29) is 23.9 Å². The van der Waals surface area contributed by atoms with E-state index in [1.54, 1.807) is 43.6 Å². The molecule has 1 saturated heterocycles. The molecule has 41 heavy (non-hydrogen) atoms. The first-order valence-corrected chi connectivity index (χ1v) is 13.3. The Labute approximate surface area is 236 Å². The van der Waals surface area contributed by atoms with Crippen molar-refractivity contribution in [3.63, 3.8) is 0 Å². The van der Waals surface area contributed by atoms with Gasteiger partial charge < -0.3 is 14.6 Å². The third-order valence-corrected chi connectivity index (χ3v) is 7.12. The van der Waals surface area contributed by atoms with Gasteiger partial charge in [-0.2, -0.15) is 4.80 Å². The van der Waals surface area contributed by atoms with Crippen LogP contribution in [-0.2, 0) is 11.8 Å². The lowest BCUT2D eigenvalue weighted by atomic mass is 10.0. The van der Waals surface area contributed by atoms with E-state index in [1.807, 2.05) is 23.1 Å². The Kier molecular flexibility index (Phi) is 6.98. The molecule has 0 spiro atoms. The third kappa shape index (κ3) is 5.41. The highest BCUT2D eigenvalue weighted by molar-refractivity contribution is 5.94. The summed E-state index contributed by atoms with van der Waals surface area (Å²) in [7, 11) is 1.75. The number of nitrogens with zero attached hydrogens (tertiary/aromatic N) is 8. The van der Waals surface area contributed by atoms with Gasteiger partial charge in [0.2, 0.25) is 11.8 Å². The van der Waals surface area contributed by atoms with Gasteiger partial charge in [0.1, 0.15) is 11.2 Å². The number of oxazole rings is 1. The molecule has 2 atom stereocenters. The molecule has 6 rings (SSSR count). The highest BCUT2D eigenvalue weighted by Gasteiger charge is 2.35. The molecule has 0 bridgehead atoms. The minimum atomic E-state index is -0.177. The normalized spacial score (nSPS) is 16.6. The van der Waals surface area contributed by atoms with Crippen LogP contribution in [0.1, 0.15) is 41.8 Å². The second-order valence-corrected chi connectivity index (χ2v) is 10.1. The summed E-state index contributed by atoms with van der Waals surface area (Å²) in [6, 6.07) is 18.7. The van der Waals surface area contributed by atoms with Crippen molar-refractivity contribution in [2.24, 2.45) is 7.05 Å². The topological polar surface area (TPSA) is 135 Å². The van der Waals surface area contributed by atoms with Crippen molar-refractivity contribution in [2.45, 2.75) is 25.9 Å². The zero-order valence-corrected chi connectivity index (χ0v) is 22.9. The van der Waals surface area contributed by atoms with Crippen molar-refractivity contribution in [3.05, 3.63) is 83.9 Å². The number of nitrogens with one attached hydrogen (secondary N) is 1. The number of tetrazole rings is 1. The Balaban J connectivity index is 1.20. The van der Waals surface area contributed by atoms with Crippen LogP contribution in [0.5, 0.6) is 0 Å². The van der Waals surface area contributed by atoms with Crippen LogP contribution >= 0.6 is 0 Å². The zero-order chi connectivity index (χ0) is 28.5. The van der Waals surface area contributed by atoms with Crippen LogP contribution < -0.4 is 5.32 Å². The average Bonchev–Trinajstić information content (AvgIpc) is 3.60. The monoisotopic (exact) mass is 551 g/mol. The number of aromatic nitrogens is 6. The number of benzene rings is 2. The maximum Gasteiger partial charge on any atom is 0.272 e. The minimum Gasteiger partial charge on any atom is -0.436 e. The quantitative estimate of drug-likeness (QED) is 0.337. The fourth-order valence-corrected chi connectivity index (χ4v) is 5.25. The van der Waals surface area contributed by atoms with E-state index in [9.17, 15) is 9.59 Å². The Morgan fingerprint density at radius 3 is 2.63 bits per heavy atom. The first-order chi connectivity index (χ1) is 19.9. The van der Waals surface area contributed by atoms with Crippen molar-refractivity contribution in [1.82, 2.24) is 40.0 Å². The second kappa shape index (κ2) is 10.9. The molecule has 2 amide bonds. The molecule has 5 aromatic rings. The van der Waals surface area contributed by atoms with Crippen molar-refractivity contribution >= 4 is 28.6 Å². The molecule has 208 valence electrons. The van der Waals surface area contributed by atoms with E-state index in [0.717, 1.165) is 5.56 Å². The summed E-state index contributed by atoms with van der Waals surface area (Å²) < 4.78 is 5.94. The summed E-state index contributed by atoms with van der Waals surface area (Å²) in [5, 5.41) is 15.6. The van der Waals surface area contributed by atoms with Gasteiger partial charge in [0, 0.05) is 50.0 Å². The molecule has 1 fully saturated rings. The highest BCUT2D eigenvalue weighted by atomic mass is 16.3. The molecular formula is C29H29N9O3. The number of carbonyl (C=O) groups is 2. The van der Waals surface area contributed by atoms with Gasteiger partial charge in [0.25, 0.3) is 5.91 Å². The van der Waals surface area contributed by atoms with Crippen LogP contribution in [0, 0.1) is 0 Å². The molecule has 4 heterocycles. The van der Waals surface area contributed by atoms with Gasteiger partial charge in [-0.3, -0.25) is 19.5 Å². The molecule has 0 saturated carbocycles. The number of hydrogen-bond donors (Lipinski definition) is 1. The van der Waals surface area contributed by atoms with Crippen molar-refractivity contribution in [1.29, 1.82) is 0 Å². The van der Waals surface area contributed by atoms with E-state index in [1.165, 1.54) is 11.7 Å². The summed E-state index contributed by atoms with van der Waals surface area (Å²) >= 11 is 0. The molecule has 3 aromatic heterocycles. The SMILES string of the molecule is CC(=O)Nc1ccc2oc(-c3ccnc(C(=O)N4CCN(C(c5ccccc5)c5nnn(C)n5)[C@H](C)C4)c3)nc2c1. The largest absolute Gasteiger partial charge is 0.436 e. The number of anilines is 1. The maximum absolute atomic E-state index is 13.6. The number of carbonyl (C=O) groups excluding carboxylic acids is 2. The number of hydrogen-bond acceptors (Lipinski definition) is 9. The first kappa shape index (κ1) is 26.3. The van der Waals surface area contributed by atoms with Crippen LogP contribution in [0.25, 0.3) is 22.6 Å². The molecule has 1 aliphatic rings. The van der Waals surface area contributed by atoms with Gasteiger partial charge in [-0.05, 0) is 48.0 Å². The Bertz CT molecular complexity index is 1720. The fourth-order valence-electron chi connectivity index (χ4n) is 5.25. The van der Waals surface area contributed by atoms with Crippen LogP contribution in [0.4, 0.5) is 5.69 Å². The number of rotatable bonds is 6. The molecule has 1 aliphatic heterocycles. The van der Waals surface area contributed by atoms with E-state index < -0.39 is 0 Å². The van der Waals surface area contributed by atoms with E-state index in [4.69, 9.17) is 4.42 Å². The number of fused-ring (bicyclic) bond motifs is 1. The predicted molar refractivity (Wildman–Crippen MR) is 151 cm³/mol. The zero-order valence-electron chi connectivity index (χ0n) is 22.9. The Morgan fingerprint density at radius 1 is 1.07 bits per heavy atom.